The topological polar surface area (TPSA) is 56.2 Å². The number of aromatic nitrogens is 1. The molecule has 0 saturated carbocycles. The quantitative estimate of drug-likeness (QED) is 0.601. The Kier molecular flexibility index (Phi) is 1.82. The van der Waals surface area contributed by atoms with Crippen LogP contribution >= 0.6 is 11.6 Å². The number of aryl methyl sites for hydroxylation is 1. The summed E-state index contributed by atoms with van der Waals surface area (Å²) in [5.74, 6) is 0.306. The number of furan rings is 1. The highest BCUT2D eigenvalue weighted by Crippen LogP contribution is 2.27. The van der Waals surface area contributed by atoms with Crippen molar-refractivity contribution in [2.75, 3.05) is 0 Å². The van der Waals surface area contributed by atoms with Gasteiger partial charge in [-0.1, -0.05) is 11.6 Å². The van der Waals surface area contributed by atoms with Gasteiger partial charge >= 0.3 is 5.63 Å². The van der Waals surface area contributed by atoms with E-state index in [1.807, 2.05) is 0 Å². The van der Waals surface area contributed by atoms with Crippen LogP contribution in [0.15, 0.2) is 31.8 Å². The Morgan fingerprint density at radius 3 is 2.94 bits per heavy atom. The second-order valence-electron chi connectivity index (χ2n) is 3.44. The maximum atomic E-state index is 11.5. The average molecular weight is 236 g/mol. The van der Waals surface area contributed by atoms with Crippen LogP contribution in [-0.2, 0) is 0 Å². The van der Waals surface area contributed by atoms with Gasteiger partial charge in [0.25, 0.3) is 0 Å². The molecule has 0 radical (unpaired) electrons. The highest BCUT2D eigenvalue weighted by molar-refractivity contribution is 6.31. The van der Waals surface area contributed by atoms with E-state index in [-0.39, 0.29) is 5.58 Å². The molecule has 0 aliphatic heterocycles. The lowest BCUT2D eigenvalue weighted by atomic mass is 10.2. The van der Waals surface area contributed by atoms with E-state index in [1.165, 1.54) is 0 Å². The summed E-state index contributed by atoms with van der Waals surface area (Å²) in [6.45, 7) is 1.62. The van der Waals surface area contributed by atoms with E-state index >= 15 is 0 Å². The molecule has 0 N–H and O–H groups in total. The molecule has 16 heavy (non-hydrogen) atoms. The van der Waals surface area contributed by atoms with Gasteiger partial charge in [0.1, 0.15) is 11.1 Å². The summed E-state index contributed by atoms with van der Waals surface area (Å²) in [4.78, 5) is 15.7. The van der Waals surface area contributed by atoms with Gasteiger partial charge in [0.05, 0.1) is 0 Å². The van der Waals surface area contributed by atoms with E-state index in [1.54, 1.807) is 25.1 Å². The molecule has 2 aromatic heterocycles. The maximum Gasteiger partial charge on any atom is 0.383 e. The lowest BCUT2D eigenvalue weighted by Gasteiger charge is -1.90. The van der Waals surface area contributed by atoms with Crippen molar-refractivity contribution in [3.8, 4) is 0 Å². The van der Waals surface area contributed by atoms with Crippen LogP contribution in [0.2, 0.25) is 5.02 Å². The van der Waals surface area contributed by atoms with Gasteiger partial charge in [0.2, 0.25) is 5.58 Å². The molecule has 0 unspecified atom stereocenters. The van der Waals surface area contributed by atoms with Crippen LogP contribution in [0.25, 0.3) is 22.1 Å². The first kappa shape index (κ1) is 9.42. The van der Waals surface area contributed by atoms with Gasteiger partial charge in [0, 0.05) is 17.3 Å². The Bertz CT molecular complexity index is 757. The third-order valence-corrected chi connectivity index (χ3v) is 2.55. The van der Waals surface area contributed by atoms with Crippen molar-refractivity contribution in [2.45, 2.75) is 6.92 Å². The summed E-state index contributed by atoms with van der Waals surface area (Å²) in [6.07, 6.45) is 0. The van der Waals surface area contributed by atoms with E-state index in [2.05, 4.69) is 4.98 Å². The summed E-state index contributed by atoms with van der Waals surface area (Å²) in [5.41, 5.74) is 0.675. The molecule has 0 aliphatic carbocycles. The summed E-state index contributed by atoms with van der Waals surface area (Å²) in [6, 6.07) is 5.11. The Morgan fingerprint density at radius 2 is 2.12 bits per heavy atom. The van der Waals surface area contributed by atoms with Crippen molar-refractivity contribution >= 4 is 33.7 Å². The van der Waals surface area contributed by atoms with Crippen LogP contribution in [0.3, 0.4) is 0 Å². The van der Waals surface area contributed by atoms with Crippen LogP contribution in [0.5, 0.6) is 0 Å². The number of benzene rings is 1. The summed E-state index contributed by atoms with van der Waals surface area (Å²) < 4.78 is 10.2. The highest BCUT2D eigenvalue weighted by Gasteiger charge is 2.13. The monoisotopic (exact) mass is 235 g/mol. The Labute approximate surface area is 94.4 Å². The highest BCUT2D eigenvalue weighted by atomic mass is 35.5. The van der Waals surface area contributed by atoms with Crippen LogP contribution in [0, 0.1) is 6.92 Å². The second-order valence-corrected chi connectivity index (χ2v) is 3.88. The van der Waals surface area contributed by atoms with Gasteiger partial charge < -0.3 is 8.83 Å². The second kappa shape index (κ2) is 3.09. The zero-order valence-electron chi connectivity index (χ0n) is 8.28. The summed E-state index contributed by atoms with van der Waals surface area (Å²) >= 11 is 5.88. The fraction of sp³-hybridized carbons (Fsp3) is 0.0909. The predicted octanol–water partition coefficient (Wildman–Crippen LogP) is 2.90. The van der Waals surface area contributed by atoms with E-state index in [0.29, 0.717) is 22.0 Å². The van der Waals surface area contributed by atoms with E-state index in [0.717, 1.165) is 5.39 Å². The van der Waals surface area contributed by atoms with Crippen LogP contribution in [0.4, 0.5) is 0 Å². The normalized spacial score (nSPS) is 11.4. The smallest absolute Gasteiger partial charge is 0.383 e. The largest absolute Gasteiger partial charge is 0.447 e. The molecular formula is C11H6ClNO3. The molecule has 0 amide bonds. The molecule has 4 nitrogen and oxygen atoms in total. The number of nitrogens with zero attached hydrogens (tertiary/aromatic N) is 1. The number of hydrogen-bond donors (Lipinski definition) is 0. The molecular weight excluding hydrogens is 230 g/mol. The third kappa shape index (κ3) is 1.23. The first-order valence-electron chi connectivity index (χ1n) is 4.64. The van der Waals surface area contributed by atoms with Crippen molar-refractivity contribution < 1.29 is 8.83 Å². The molecule has 0 fully saturated rings. The van der Waals surface area contributed by atoms with Crippen LogP contribution < -0.4 is 5.63 Å². The van der Waals surface area contributed by atoms with Crippen LogP contribution in [-0.4, -0.2) is 4.98 Å². The molecule has 0 atom stereocenters. The molecule has 5 heteroatoms. The molecule has 1 aromatic carbocycles. The van der Waals surface area contributed by atoms with Gasteiger partial charge in [-0.05, 0) is 18.2 Å². The first-order chi connectivity index (χ1) is 7.65. The standard InChI is InChI=1S/C11H6ClNO3/c1-5-13-9-7-4-6(12)2-3-8(7)16-10(9)11(14)15-5/h2-4H,1H3. The minimum absolute atomic E-state index is 0.128. The zero-order valence-corrected chi connectivity index (χ0v) is 9.04. The van der Waals surface area contributed by atoms with Gasteiger partial charge in [-0.25, -0.2) is 9.78 Å². The molecule has 3 aromatic rings. The Hall–Kier alpha value is -1.81. The SMILES string of the molecule is Cc1nc2c(oc3ccc(Cl)cc32)c(=O)o1. The lowest BCUT2D eigenvalue weighted by Crippen LogP contribution is -2.00. The fourth-order valence-corrected chi connectivity index (χ4v) is 1.84. The predicted molar refractivity (Wildman–Crippen MR) is 59.8 cm³/mol. The van der Waals surface area contributed by atoms with Crippen molar-refractivity contribution in [3.05, 3.63) is 39.5 Å². The summed E-state index contributed by atoms with van der Waals surface area (Å²) in [5, 5.41) is 1.29. The number of rotatable bonds is 0. The molecule has 2 heterocycles. The zero-order chi connectivity index (χ0) is 11.3. The number of halogens is 1. The third-order valence-electron chi connectivity index (χ3n) is 2.32. The molecule has 3 rings (SSSR count). The fourth-order valence-electron chi connectivity index (χ4n) is 1.67. The molecule has 0 bridgehead atoms. The van der Waals surface area contributed by atoms with Gasteiger partial charge in [0.15, 0.2) is 5.89 Å². The van der Waals surface area contributed by atoms with Crippen molar-refractivity contribution in [2.24, 2.45) is 0 Å². The van der Waals surface area contributed by atoms with Gasteiger partial charge in [-0.15, -0.1) is 0 Å². The Morgan fingerprint density at radius 1 is 1.31 bits per heavy atom. The van der Waals surface area contributed by atoms with Gasteiger partial charge in [-0.3, -0.25) is 0 Å². The first-order valence-corrected chi connectivity index (χ1v) is 5.02. The van der Waals surface area contributed by atoms with E-state index in [4.69, 9.17) is 20.4 Å². The number of hydrogen-bond acceptors (Lipinski definition) is 4. The van der Waals surface area contributed by atoms with E-state index in [9.17, 15) is 4.79 Å². The maximum absolute atomic E-state index is 11.5. The molecule has 80 valence electrons. The van der Waals surface area contributed by atoms with Crippen molar-refractivity contribution in [1.29, 1.82) is 0 Å². The van der Waals surface area contributed by atoms with E-state index < -0.39 is 5.63 Å². The Balaban J connectivity index is 2.62. The summed E-state index contributed by atoms with van der Waals surface area (Å²) in [7, 11) is 0. The van der Waals surface area contributed by atoms with Crippen molar-refractivity contribution in [3.63, 3.8) is 0 Å². The van der Waals surface area contributed by atoms with Crippen molar-refractivity contribution in [1.82, 2.24) is 4.98 Å². The number of fused-ring (bicyclic) bond motifs is 3. The lowest BCUT2D eigenvalue weighted by molar-refractivity contribution is 0.454. The van der Waals surface area contributed by atoms with Gasteiger partial charge in [-0.2, -0.15) is 0 Å². The van der Waals surface area contributed by atoms with Crippen LogP contribution in [0.1, 0.15) is 5.89 Å². The molecule has 0 aliphatic rings. The average Bonchev–Trinajstić information content (AvgIpc) is 2.57. The minimum Gasteiger partial charge on any atom is -0.447 e. The minimum atomic E-state index is -0.519. The molecule has 0 saturated heterocycles. The molecule has 0 spiro atoms.